The van der Waals surface area contributed by atoms with E-state index in [1.54, 1.807) is 19.3 Å². The second-order valence-corrected chi connectivity index (χ2v) is 3.67. The molecule has 0 radical (unpaired) electrons. The predicted molar refractivity (Wildman–Crippen MR) is 63.8 cm³/mol. The number of hydrogen-bond acceptors (Lipinski definition) is 4. The zero-order valence-corrected chi connectivity index (χ0v) is 10.0. The minimum Gasteiger partial charge on any atom is -0.460 e. The van der Waals surface area contributed by atoms with Gasteiger partial charge in [-0.05, 0) is 19.4 Å². The fourth-order valence-corrected chi connectivity index (χ4v) is 1.78. The van der Waals surface area contributed by atoms with Crippen LogP contribution in [0.3, 0.4) is 0 Å². The summed E-state index contributed by atoms with van der Waals surface area (Å²) in [6.07, 6.45) is 4.29. The molecule has 5 heteroatoms. The first-order valence-electron chi connectivity index (χ1n) is 5.75. The van der Waals surface area contributed by atoms with Crippen molar-refractivity contribution >= 4 is 17.0 Å². The molecule has 90 valence electrons. The lowest BCUT2D eigenvalue weighted by atomic mass is 10.4. The molecule has 0 unspecified atom stereocenters. The summed E-state index contributed by atoms with van der Waals surface area (Å²) in [6, 6.07) is 1.86. The molecule has 17 heavy (non-hydrogen) atoms. The van der Waals surface area contributed by atoms with Crippen LogP contribution in [0.1, 0.15) is 30.9 Å². The van der Waals surface area contributed by atoms with Gasteiger partial charge in [-0.15, -0.1) is 0 Å². The van der Waals surface area contributed by atoms with Crippen LogP contribution in [0.4, 0.5) is 0 Å². The fraction of sp³-hybridized carbons (Fsp3) is 0.417. The number of fused-ring (bicyclic) bond motifs is 1. The number of nitrogens with zero attached hydrogens (tertiary/aromatic N) is 3. The van der Waals surface area contributed by atoms with Gasteiger partial charge in [-0.25, -0.2) is 9.78 Å². The third kappa shape index (κ3) is 2.13. The lowest BCUT2D eigenvalue weighted by molar-refractivity contribution is 0.0507. The average molecular weight is 233 g/mol. The number of esters is 1. The van der Waals surface area contributed by atoms with Gasteiger partial charge in [0.15, 0.2) is 0 Å². The summed E-state index contributed by atoms with van der Waals surface area (Å²) in [5.74, 6) is -0.0196. The maximum absolute atomic E-state index is 11.8. The van der Waals surface area contributed by atoms with Crippen LogP contribution in [-0.2, 0) is 11.3 Å². The number of carbonyl (C=O) groups is 1. The second-order valence-electron chi connectivity index (χ2n) is 3.67. The Kier molecular flexibility index (Phi) is 3.37. The number of ether oxygens (including phenoxy) is 1. The molecule has 0 aliphatic carbocycles. The largest absolute Gasteiger partial charge is 0.460 e. The fourth-order valence-electron chi connectivity index (χ4n) is 1.78. The maximum atomic E-state index is 11.8. The standard InChI is InChI=1S/C12H15N3O2/c1-3-7-15-10-5-6-13-8-9(10)14-11(15)12(16)17-4-2/h5-6,8H,3-4,7H2,1-2H3. The zero-order chi connectivity index (χ0) is 12.3. The zero-order valence-electron chi connectivity index (χ0n) is 10.0. The molecular weight excluding hydrogens is 218 g/mol. The van der Waals surface area contributed by atoms with Gasteiger partial charge in [0, 0.05) is 12.7 Å². The molecule has 0 amide bonds. The molecule has 0 atom stereocenters. The Bertz CT molecular complexity index is 534. The summed E-state index contributed by atoms with van der Waals surface area (Å²) in [5.41, 5.74) is 1.65. The van der Waals surface area contributed by atoms with Gasteiger partial charge in [-0.1, -0.05) is 6.92 Å². The lowest BCUT2D eigenvalue weighted by Gasteiger charge is -2.06. The normalized spacial score (nSPS) is 10.7. The maximum Gasteiger partial charge on any atom is 0.374 e. The molecule has 0 aliphatic heterocycles. The minimum absolute atomic E-state index is 0.354. The molecule has 0 bridgehead atoms. The first-order valence-corrected chi connectivity index (χ1v) is 5.75. The smallest absolute Gasteiger partial charge is 0.374 e. The van der Waals surface area contributed by atoms with E-state index in [2.05, 4.69) is 16.9 Å². The van der Waals surface area contributed by atoms with Crippen molar-refractivity contribution in [3.8, 4) is 0 Å². The van der Waals surface area contributed by atoms with E-state index in [-0.39, 0.29) is 5.97 Å². The first kappa shape index (κ1) is 11.6. The van der Waals surface area contributed by atoms with Crippen LogP contribution in [0.5, 0.6) is 0 Å². The van der Waals surface area contributed by atoms with Gasteiger partial charge in [0.05, 0.1) is 18.3 Å². The topological polar surface area (TPSA) is 57.0 Å². The molecule has 5 nitrogen and oxygen atoms in total. The van der Waals surface area contributed by atoms with Gasteiger partial charge in [0.25, 0.3) is 0 Å². The molecular formula is C12H15N3O2. The Labute approximate surface area is 99.4 Å². The van der Waals surface area contributed by atoms with E-state index >= 15 is 0 Å². The molecule has 0 saturated carbocycles. The molecule has 0 N–H and O–H groups in total. The van der Waals surface area contributed by atoms with Crippen LogP contribution >= 0.6 is 0 Å². The van der Waals surface area contributed by atoms with E-state index in [1.165, 1.54) is 0 Å². The summed E-state index contributed by atoms with van der Waals surface area (Å²) in [4.78, 5) is 20.1. The highest BCUT2D eigenvalue weighted by atomic mass is 16.5. The van der Waals surface area contributed by atoms with E-state index in [4.69, 9.17) is 4.74 Å². The SMILES string of the molecule is CCCn1c(C(=O)OCC)nc2cnccc21. The summed E-state index contributed by atoms with van der Waals surface area (Å²) < 4.78 is 6.89. The molecule has 2 heterocycles. The molecule has 2 aromatic heterocycles. The summed E-state index contributed by atoms with van der Waals surface area (Å²) >= 11 is 0. The van der Waals surface area contributed by atoms with E-state index in [0.29, 0.717) is 12.4 Å². The third-order valence-electron chi connectivity index (χ3n) is 2.46. The van der Waals surface area contributed by atoms with Crippen molar-refractivity contribution in [2.45, 2.75) is 26.8 Å². The Hall–Kier alpha value is -1.91. The molecule has 0 fully saturated rings. The molecule has 0 aromatic carbocycles. The van der Waals surface area contributed by atoms with Crippen molar-refractivity contribution in [3.63, 3.8) is 0 Å². The van der Waals surface area contributed by atoms with Crippen LogP contribution in [0, 0.1) is 0 Å². The van der Waals surface area contributed by atoms with Crippen LogP contribution in [0.15, 0.2) is 18.5 Å². The van der Waals surface area contributed by atoms with Crippen LogP contribution in [0.2, 0.25) is 0 Å². The van der Waals surface area contributed by atoms with Crippen LogP contribution < -0.4 is 0 Å². The Balaban J connectivity index is 2.53. The Morgan fingerprint density at radius 3 is 3.00 bits per heavy atom. The van der Waals surface area contributed by atoms with Gasteiger partial charge in [-0.2, -0.15) is 0 Å². The van der Waals surface area contributed by atoms with Gasteiger partial charge in [0.2, 0.25) is 5.82 Å². The van der Waals surface area contributed by atoms with Crippen molar-refractivity contribution in [2.75, 3.05) is 6.61 Å². The quantitative estimate of drug-likeness (QED) is 0.758. The number of pyridine rings is 1. The molecule has 2 rings (SSSR count). The summed E-state index contributed by atoms with van der Waals surface area (Å²) in [5, 5.41) is 0. The van der Waals surface area contributed by atoms with E-state index < -0.39 is 0 Å². The van der Waals surface area contributed by atoms with E-state index in [1.807, 2.05) is 10.6 Å². The number of hydrogen-bond donors (Lipinski definition) is 0. The third-order valence-corrected chi connectivity index (χ3v) is 2.46. The van der Waals surface area contributed by atoms with E-state index in [9.17, 15) is 4.79 Å². The molecule has 0 aliphatic rings. The first-order chi connectivity index (χ1) is 8.27. The van der Waals surface area contributed by atoms with E-state index in [0.717, 1.165) is 24.0 Å². The lowest BCUT2D eigenvalue weighted by Crippen LogP contribution is -2.13. The van der Waals surface area contributed by atoms with Crippen LogP contribution in [0.25, 0.3) is 11.0 Å². The Morgan fingerprint density at radius 1 is 1.47 bits per heavy atom. The molecule has 2 aromatic rings. The molecule has 0 saturated heterocycles. The van der Waals surface area contributed by atoms with Gasteiger partial charge in [0.1, 0.15) is 5.52 Å². The van der Waals surface area contributed by atoms with Crippen LogP contribution in [-0.4, -0.2) is 27.1 Å². The average Bonchev–Trinajstić information content (AvgIpc) is 2.70. The predicted octanol–water partition coefficient (Wildman–Crippen LogP) is 2.02. The summed E-state index contributed by atoms with van der Waals surface area (Å²) in [6.45, 7) is 4.94. The minimum atomic E-state index is -0.378. The highest BCUT2D eigenvalue weighted by Crippen LogP contribution is 2.16. The number of imidazole rings is 1. The van der Waals surface area contributed by atoms with Gasteiger partial charge >= 0.3 is 5.97 Å². The van der Waals surface area contributed by atoms with Crippen molar-refractivity contribution in [1.82, 2.24) is 14.5 Å². The van der Waals surface area contributed by atoms with Gasteiger partial charge in [-0.3, -0.25) is 4.98 Å². The monoisotopic (exact) mass is 233 g/mol. The number of aryl methyl sites for hydroxylation is 1. The van der Waals surface area contributed by atoms with Gasteiger partial charge < -0.3 is 9.30 Å². The Morgan fingerprint density at radius 2 is 2.29 bits per heavy atom. The highest BCUT2D eigenvalue weighted by molar-refractivity contribution is 5.90. The summed E-state index contributed by atoms with van der Waals surface area (Å²) in [7, 11) is 0. The highest BCUT2D eigenvalue weighted by Gasteiger charge is 2.17. The second kappa shape index (κ2) is 4.95. The number of rotatable bonds is 4. The molecule has 0 spiro atoms. The number of aromatic nitrogens is 3. The number of carbonyl (C=O) groups excluding carboxylic acids is 1. The van der Waals surface area contributed by atoms with Crippen molar-refractivity contribution < 1.29 is 9.53 Å². The van der Waals surface area contributed by atoms with Crippen molar-refractivity contribution in [2.24, 2.45) is 0 Å². The van der Waals surface area contributed by atoms with Crippen molar-refractivity contribution in [3.05, 3.63) is 24.3 Å². The van der Waals surface area contributed by atoms with Crippen molar-refractivity contribution in [1.29, 1.82) is 0 Å².